The number of halogens is 1. The number of carbonyl (C=O) groups is 1. The minimum atomic E-state index is -0.281. The third-order valence-corrected chi connectivity index (χ3v) is 3.56. The van der Waals surface area contributed by atoms with E-state index in [-0.39, 0.29) is 16.9 Å². The summed E-state index contributed by atoms with van der Waals surface area (Å²) in [5.74, 6) is -0.0671. The lowest BCUT2D eigenvalue weighted by Gasteiger charge is -2.36. The summed E-state index contributed by atoms with van der Waals surface area (Å²) in [6.07, 6.45) is 5.68. The van der Waals surface area contributed by atoms with Gasteiger partial charge in [-0.2, -0.15) is 0 Å². The van der Waals surface area contributed by atoms with Gasteiger partial charge in [-0.05, 0) is 25.7 Å². The van der Waals surface area contributed by atoms with Gasteiger partial charge in [0.1, 0.15) is 5.60 Å². The van der Waals surface area contributed by atoms with Crippen LogP contribution in [0.2, 0.25) is 0 Å². The molecule has 2 aliphatic rings. The summed E-state index contributed by atoms with van der Waals surface area (Å²) in [4.78, 5) is 11.0. The minimum absolute atomic E-state index is 0.0534. The third-order valence-electron chi connectivity index (χ3n) is 2.95. The molecule has 0 aromatic heterocycles. The van der Waals surface area contributed by atoms with Crippen molar-refractivity contribution in [3.8, 4) is 0 Å². The first-order valence-corrected chi connectivity index (χ1v) is 5.02. The number of hydrogen-bond acceptors (Lipinski definition) is 2. The quantitative estimate of drug-likeness (QED) is 0.431. The van der Waals surface area contributed by atoms with Crippen molar-refractivity contribution in [1.29, 1.82) is 0 Å². The Morgan fingerprint density at radius 2 is 2.25 bits per heavy atom. The zero-order valence-corrected chi connectivity index (χ0v) is 7.77. The summed E-state index contributed by atoms with van der Waals surface area (Å²) >= 11 is 6.17. The number of carbonyl (C=O) groups excluding carboxylic acids is 1. The van der Waals surface area contributed by atoms with Gasteiger partial charge in [-0.15, -0.1) is 11.6 Å². The molecular weight excluding hydrogens is 176 g/mol. The highest BCUT2D eigenvalue weighted by molar-refractivity contribution is 6.21. The summed E-state index contributed by atoms with van der Waals surface area (Å²) in [5.41, 5.74) is -0.281. The van der Waals surface area contributed by atoms with Gasteiger partial charge in [0.25, 0.3) is 0 Å². The summed E-state index contributed by atoms with van der Waals surface area (Å²) in [5, 5.41) is 0.0534. The van der Waals surface area contributed by atoms with Gasteiger partial charge in [0, 0.05) is 6.42 Å². The van der Waals surface area contributed by atoms with E-state index in [1.807, 2.05) is 0 Å². The molecule has 0 radical (unpaired) electrons. The molecule has 12 heavy (non-hydrogen) atoms. The fourth-order valence-corrected chi connectivity index (χ4v) is 2.62. The van der Waals surface area contributed by atoms with E-state index in [1.54, 1.807) is 0 Å². The van der Waals surface area contributed by atoms with Crippen molar-refractivity contribution in [2.24, 2.45) is 0 Å². The van der Waals surface area contributed by atoms with Crippen LogP contribution in [0.4, 0.5) is 0 Å². The molecule has 1 spiro atoms. The number of esters is 1. The monoisotopic (exact) mass is 188 g/mol. The van der Waals surface area contributed by atoms with Crippen LogP contribution in [-0.4, -0.2) is 16.9 Å². The predicted octanol–water partition coefficient (Wildman–Crippen LogP) is 2.24. The van der Waals surface area contributed by atoms with Crippen LogP contribution in [0.1, 0.15) is 38.5 Å². The van der Waals surface area contributed by atoms with Crippen molar-refractivity contribution in [2.75, 3.05) is 0 Å². The largest absolute Gasteiger partial charge is 0.457 e. The first-order valence-electron chi connectivity index (χ1n) is 4.59. The van der Waals surface area contributed by atoms with Crippen molar-refractivity contribution >= 4 is 17.6 Å². The average molecular weight is 189 g/mol. The Balaban J connectivity index is 2.12. The number of alkyl halides is 1. The Bertz CT molecular complexity index is 205. The molecular formula is C9H13ClO2. The fourth-order valence-electron chi connectivity index (χ4n) is 2.21. The first-order chi connectivity index (χ1) is 5.73. The zero-order chi connectivity index (χ0) is 8.60. The molecule has 2 unspecified atom stereocenters. The van der Waals surface area contributed by atoms with Crippen molar-refractivity contribution in [3.63, 3.8) is 0 Å². The lowest BCUT2D eigenvalue weighted by Crippen LogP contribution is -2.41. The van der Waals surface area contributed by atoms with Crippen LogP contribution in [0.5, 0.6) is 0 Å². The molecule has 68 valence electrons. The van der Waals surface area contributed by atoms with Crippen molar-refractivity contribution in [1.82, 2.24) is 0 Å². The van der Waals surface area contributed by atoms with Crippen LogP contribution in [0.25, 0.3) is 0 Å². The van der Waals surface area contributed by atoms with Gasteiger partial charge >= 0.3 is 5.97 Å². The van der Waals surface area contributed by atoms with E-state index >= 15 is 0 Å². The molecule has 0 N–H and O–H groups in total. The molecule has 3 heteroatoms. The lowest BCUT2D eigenvalue weighted by molar-refractivity contribution is -0.150. The molecule has 1 aliphatic carbocycles. The van der Waals surface area contributed by atoms with Crippen LogP contribution in [0.3, 0.4) is 0 Å². The average Bonchev–Trinajstić information content (AvgIpc) is 2.41. The molecule has 2 fully saturated rings. The minimum Gasteiger partial charge on any atom is -0.457 e. The van der Waals surface area contributed by atoms with Crippen LogP contribution in [0, 0.1) is 0 Å². The molecule has 0 bridgehead atoms. The molecule has 2 nitrogen and oxygen atoms in total. The molecule has 1 heterocycles. The van der Waals surface area contributed by atoms with Crippen LogP contribution >= 0.6 is 11.6 Å². The maximum atomic E-state index is 11.0. The van der Waals surface area contributed by atoms with Gasteiger partial charge in [-0.1, -0.05) is 6.42 Å². The predicted molar refractivity (Wildman–Crippen MR) is 46.2 cm³/mol. The molecule has 0 aromatic carbocycles. The highest BCUT2D eigenvalue weighted by Gasteiger charge is 2.47. The Morgan fingerprint density at radius 3 is 2.83 bits per heavy atom. The van der Waals surface area contributed by atoms with E-state index in [9.17, 15) is 4.79 Å². The van der Waals surface area contributed by atoms with Crippen LogP contribution in [0.15, 0.2) is 0 Å². The Hall–Kier alpha value is -0.240. The van der Waals surface area contributed by atoms with Gasteiger partial charge in [-0.3, -0.25) is 4.79 Å². The molecule has 1 saturated carbocycles. The van der Waals surface area contributed by atoms with Gasteiger partial charge in [-0.25, -0.2) is 0 Å². The van der Waals surface area contributed by atoms with Crippen molar-refractivity contribution in [2.45, 2.75) is 49.5 Å². The van der Waals surface area contributed by atoms with E-state index in [0.29, 0.717) is 6.42 Å². The smallest absolute Gasteiger partial charge is 0.306 e. The fraction of sp³-hybridized carbons (Fsp3) is 0.889. The second-order valence-electron chi connectivity index (χ2n) is 3.75. The zero-order valence-electron chi connectivity index (χ0n) is 7.01. The van der Waals surface area contributed by atoms with E-state index in [0.717, 1.165) is 25.7 Å². The molecule has 1 saturated heterocycles. The van der Waals surface area contributed by atoms with Crippen molar-refractivity contribution < 1.29 is 9.53 Å². The first kappa shape index (κ1) is 8.36. The van der Waals surface area contributed by atoms with E-state index in [2.05, 4.69) is 0 Å². The normalized spacial score (nSPS) is 41.8. The Labute approximate surface area is 77.2 Å². The summed E-state index contributed by atoms with van der Waals surface area (Å²) in [6, 6.07) is 0. The standard InChI is InChI=1S/C9H13ClO2/c10-7-3-1-2-5-9(7)6-4-8(11)12-9/h7H,1-6H2. The van der Waals surface area contributed by atoms with Crippen molar-refractivity contribution in [3.05, 3.63) is 0 Å². The molecule has 0 aromatic rings. The number of hydrogen-bond donors (Lipinski definition) is 0. The highest BCUT2D eigenvalue weighted by Crippen LogP contribution is 2.42. The SMILES string of the molecule is O=C1CCC2(CCCCC2Cl)O1. The second-order valence-corrected chi connectivity index (χ2v) is 4.28. The number of rotatable bonds is 0. The Kier molecular flexibility index (Phi) is 2.03. The van der Waals surface area contributed by atoms with Gasteiger partial charge in [0.05, 0.1) is 5.38 Å². The second kappa shape index (κ2) is 2.91. The van der Waals surface area contributed by atoms with E-state index in [1.165, 1.54) is 6.42 Å². The van der Waals surface area contributed by atoms with Crippen LogP contribution < -0.4 is 0 Å². The number of ether oxygens (including phenoxy) is 1. The van der Waals surface area contributed by atoms with Crippen LogP contribution in [-0.2, 0) is 9.53 Å². The molecule has 0 amide bonds. The summed E-state index contributed by atoms with van der Waals surface area (Å²) < 4.78 is 5.33. The van der Waals surface area contributed by atoms with Gasteiger partial charge in [0.2, 0.25) is 0 Å². The maximum absolute atomic E-state index is 11.0. The Morgan fingerprint density at radius 1 is 1.42 bits per heavy atom. The van der Waals surface area contributed by atoms with Gasteiger partial charge < -0.3 is 4.74 Å². The molecule has 2 atom stereocenters. The topological polar surface area (TPSA) is 26.3 Å². The highest BCUT2D eigenvalue weighted by atomic mass is 35.5. The van der Waals surface area contributed by atoms with E-state index < -0.39 is 0 Å². The molecule has 2 rings (SSSR count). The van der Waals surface area contributed by atoms with Gasteiger partial charge in [0.15, 0.2) is 0 Å². The summed E-state index contributed by atoms with van der Waals surface area (Å²) in [6.45, 7) is 0. The maximum Gasteiger partial charge on any atom is 0.306 e. The summed E-state index contributed by atoms with van der Waals surface area (Å²) in [7, 11) is 0. The van der Waals surface area contributed by atoms with E-state index in [4.69, 9.17) is 16.3 Å². The molecule has 1 aliphatic heterocycles. The third kappa shape index (κ3) is 1.22. The lowest BCUT2D eigenvalue weighted by atomic mass is 9.82.